The summed E-state index contributed by atoms with van der Waals surface area (Å²) in [4.78, 5) is 15.5. The lowest BCUT2D eigenvalue weighted by Gasteiger charge is -2.06. The lowest BCUT2D eigenvalue weighted by Crippen LogP contribution is -2.23. The van der Waals surface area contributed by atoms with E-state index in [2.05, 4.69) is 15.4 Å². The van der Waals surface area contributed by atoms with Gasteiger partial charge in [0.2, 0.25) is 0 Å². The van der Waals surface area contributed by atoms with E-state index < -0.39 is 11.7 Å². The van der Waals surface area contributed by atoms with Gasteiger partial charge in [-0.1, -0.05) is 11.6 Å². The molecule has 1 N–H and O–H groups in total. The first-order chi connectivity index (χ1) is 8.99. The highest BCUT2D eigenvalue weighted by Gasteiger charge is 2.13. The quantitative estimate of drug-likeness (QED) is 0.874. The minimum absolute atomic E-state index is 0.0169. The van der Waals surface area contributed by atoms with Crippen molar-refractivity contribution >= 4 is 17.5 Å². The van der Waals surface area contributed by atoms with Gasteiger partial charge < -0.3 is 5.32 Å². The van der Waals surface area contributed by atoms with Crippen LogP contribution in [0.3, 0.4) is 0 Å². The second-order valence-electron chi connectivity index (χ2n) is 4.05. The van der Waals surface area contributed by atoms with Crippen LogP contribution in [0.15, 0.2) is 18.5 Å². The Hall–Kier alpha value is -1.95. The fraction of sp³-hybridized carbons (Fsp3) is 0.250. The van der Waals surface area contributed by atoms with Gasteiger partial charge in [0.15, 0.2) is 0 Å². The lowest BCUT2D eigenvalue weighted by molar-refractivity contribution is 0.0950. The van der Waals surface area contributed by atoms with Gasteiger partial charge >= 0.3 is 0 Å². The summed E-state index contributed by atoms with van der Waals surface area (Å²) in [6, 6.07) is 1.06. The molecule has 0 saturated heterocycles. The van der Waals surface area contributed by atoms with E-state index in [-0.39, 0.29) is 10.7 Å². The third kappa shape index (κ3) is 2.90. The number of nitrogens with one attached hydrogen (secondary N) is 1. The number of rotatable bonds is 3. The van der Waals surface area contributed by atoms with E-state index in [4.69, 9.17) is 11.6 Å². The largest absolute Gasteiger partial charge is 0.348 e. The maximum absolute atomic E-state index is 13.0. The smallest absolute Gasteiger partial charge is 0.254 e. The van der Waals surface area contributed by atoms with Gasteiger partial charge in [0.05, 0.1) is 18.0 Å². The number of aryl methyl sites for hydroxylation is 1. The average Bonchev–Trinajstić information content (AvgIpc) is 2.70. The first-order valence-electron chi connectivity index (χ1n) is 5.55. The Bertz CT molecular complexity index is 626. The monoisotopic (exact) mass is 282 g/mol. The van der Waals surface area contributed by atoms with Gasteiger partial charge in [-0.15, -0.1) is 0 Å². The average molecular weight is 283 g/mol. The minimum Gasteiger partial charge on any atom is -0.348 e. The molecule has 0 fully saturated rings. The lowest BCUT2D eigenvalue weighted by atomic mass is 10.2. The fourth-order valence-electron chi connectivity index (χ4n) is 1.57. The Morgan fingerprint density at radius 3 is 2.89 bits per heavy atom. The normalized spacial score (nSPS) is 10.5. The van der Waals surface area contributed by atoms with Gasteiger partial charge in [-0.2, -0.15) is 5.10 Å². The highest BCUT2D eigenvalue weighted by molar-refractivity contribution is 6.32. The van der Waals surface area contributed by atoms with Gasteiger partial charge in [-0.05, 0) is 13.0 Å². The highest BCUT2D eigenvalue weighted by atomic mass is 35.5. The number of carbonyl (C=O) groups is 1. The summed E-state index contributed by atoms with van der Waals surface area (Å²) in [6.45, 7) is 2.19. The Morgan fingerprint density at radius 1 is 1.53 bits per heavy atom. The molecular weight excluding hydrogens is 271 g/mol. The van der Waals surface area contributed by atoms with Gasteiger partial charge in [-0.3, -0.25) is 9.48 Å². The van der Waals surface area contributed by atoms with Gasteiger partial charge in [0, 0.05) is 24.8 Å². The Balaban J connectivity index is 2.09. The van der Waals surface area contributed by atoms with Crippen LogP contribution in [0.4, 0.5) is 4.39 Å². The van der Waals surface area contributed by atoms with E-state index in [0.29, 0.717) is 6.54 Å². The number of amides is 1. The molecule has 0 aliphatic carbocycles. The van der Waals surface area contributed by atoms with Crippen LogP contribution in [-0.2, 0) is 13.6 Å². The molecule has 19 heavy (non-hydrogen) atoms. The molecule has 1 amide bonds. The molecule has 100 valence electrons. The van der Waals surface area contributed by atoms with Crippen molar-refractivity contribution in [3.05, 3.63) is 46.3 Å². The molecule has 2 aromatic heterocycles. The highest BCUT2D eigenvalue weighted by Crippen LogP contribution is 2.14. The molecule has 0 radical (unpaired) electrons. The van der Waals surface area contributed by atoms with Crippen molar-refractivity contribution in [3.8, 4) is 0 Å². The Labute approximate surface area is 114 Å². The Kier molecular flexibility index (Phi) is 3.80. The standard InChI is InChI=1S/C12H12ClFN4O/c1-7-8(5-17-18(7)2)4-16-12(19)10-3-9(14)6-15-11(10)13/h3,5-6H,4H2,1-2H3,(H,16,19). The number of pyridine rings is 1. The Morgan fingerprint density at radius 2 is 2.26 bits per heavy atom. The summed E-state index contributed by atoms with van der Waals surface area (Å²) >= 11 is 5.75. The zero-order valence-corrected chi connectivity index (χ0v) is 11.2. The van der Waals surface area contributed by atoms with Crippen LogP contribution in [-0.4, -0.2) is 20.7 Å². The van der Waals surface area contributed by atoms with Crippen molar-refractivity contribution in [3.63, 3.8) is 0 Å². The fourth-order valence-corrected chi connectivity index (χ4v) is 1.76. The zero-order valence-electron chi connectivity index (χ0n) is 10.4. The molecule has 0 atom stereocenters. The van der Waals surface area contributed by atoms with Crippen LogP contribution >= 0.6 is 11.6 Å². The van der Waals surface area contributed by atoms with Gasteiger partial charge in [0.1, 0.15) is 11.0 Å². The molecule has 0 aliphatic heterocycles. The van der Waals surface area contributed by atoms with Crippen LogP contribution in [0.2, 0.25) is 5.15 Å². The molecule has 0 spiro atoms. The number of nitrogens with zero attached hydrogens (tertiary/aromatic N) is 3. The second-order valence-corrected chi connectivity index (χ2v) is 4.41. The van der Waals surface area contributed by atoms with Crippen molar-refractivity contribution in [2.24, 2.45) is 7.05 Å². The second kappa shape index (κ2) is 5.36. The molecule has 0 aliphatic rings. The summed E-state index contributed by atoms with van der Waals surface area (Å²) in [7, 11) is 1.81. The van der Waals surface area contributed by atoms with Crippen molar-refractivity contribution in [2.45, 2.75) is 13.5 Å². The molecule has 2 rings (SSSR count). The van der Waals surface area contributed by atoms with Crippen molar-refractivity contribution in [2.75, 3.05) is 0 Å². The summed E-state index contributed by atoms with van der Waals surface area (Å²) in [5.74, 6) is -1.08. The first-order valence-corrected chi connectivity index (χ1v) is 5.93. The van der Waals surface area contributed by atoms with Crippen LogP contribution in [0.5, 0.6) is 0 Å². The number of halogens is 2. The van der Waals surface area contributed by atoms with Crippen molar-refractivity contribution < 1.29 is 9.18 Å². The van der Waals surface area contributed by atoms with Crippen LogP contribution in [0, 0.1) is 12.7 Å². The maximum Gasteiger partial charge on any atom is 0.254 e. The number of hydrogen-bond acceptors (Lipinski definition) is 3. The van der Waals surface area contributed by atoms with Crippen LogP contribution < -0.4 is 5.32 Å². The molecule has 5 nitrogen and oxygen atoms in total. The van der Waals surface area contributed by atoms with E-state index >= 15 is 0 Å². The molecule has 2 heterocycles. The minimum atomic E-state index is -0.605. The molecule has 0 aromatic carbocycles. The SMILES string of the molecule is Cc1c(CNC(=O)c2cc(F)cnc2Cl)cnn1C. The van der Waals surface area contributed by atoms with Gasteiger partial charge in [-0.25, -0.2) is 9.37 Å². The molecule has 0 unspecified atom stereocenters. The first kappa shape index (κ1) is 13.5. The van der Waals surface area contributed by atoms with E-state index in [9.17, 15) is 9.18 Å². The van der Waals surface area contributed by atoms with E-state index in [1.807, 2.05) is 14.0 Å². The van der Waals surface area contributed by atoms with E-state index in [1.165, 1.54) is 0 Å². The number of carbonyl (C=O) groups excluding carboxylic acids is 1. The number of hydrogen-bond donors (Lipinski definition) is 1. The van der Waals surface area contributed by atoms with Crippen LogP contribution in [0.1, 0.15) is 21.6 Å². The predicted octanol–water partition coefficient (Wildman–Crippen LogP) is 1.85. The third-order valence-corrected chi connectivity index (χ3v) is 3.13. The molecule has 0 bridgehead atoms. The third-order valence-electron chi connectivity index (χ3n) is 2.83. The maximum atomic E-state index is 13.0. The molecule has 7 heteroatoms. The summed E-state index contributed by atoms with van der Waals surface area (Å²) in [6.07, 6.45) is 2.63. The zero-order chi connectivity index (χ0) is 14.0. The summed E-state index contributed by atoms with van der Waals surface area (Å²) in [5, 5.41) is 6.69. The van der Waals surface area contributed by atoms with Crippen molar-refractivity contribution in [1.29, 1.82) is 0 Å². The number of aromatic nitrogens is 3. The van der Waals surface area contributed by atoms with E-state index in [0.717, 1.165) is 23.5 Å². The molecule has 0 saturated carbocycles. The molecule has 2 aromatic rings. The van der Waals surface area contributed by atoms with E-state index in [1.54, 1.807) is 10.9 Å². The van der Waals surface area contributed by atoms with Crippen molar-refractivity contribution in [1.82, 2.24) is 20.1 Å². The summed E-state index contributed by atoms with van der Waals surface area (Å²) in [5.41, 5.74) is 1.85. The predicted molar refractivity (Wildman–Crippen MR) is 68.3 cm³/mol. The topological polar surface area (TPSA) is 59.8 Å². The van der Waals surface area contributed by atoms with Crippen LogP contribution in [0.25, 0.3) is 0 Å². The van der Waals surface area contributed by atoms with Gasteiger partial charge in [0.25, 0.3) is 5.91 Å². The summed E-state index contributed by atoms with van der Waals surface area (Å²) < 4.78 is 14.7. The molecular formula is C12H12ClFN4O.